The van der Waals surface area contributed by atoms with Crippen molar-refractivity contribution in [3.05, 3.63) is 34.1 Å². The summed E-state index contributed by atoms with van der Waals surface area (Å²) >= 11 is 3.32. The van der Waals surface area contributed by atoms with E-state index in [0.717, 1.165) is 12.0 Å². The SMILES string of the molecule is OCC1(Cc2cccc(F)c2Br)CCOC1C1CC1. The second-order valence-corrected chi connectivity index (χ2v) is 6.58. The van der Waals surface area contributed by atoms with Crippen LogP contribution in [0, 0.1) is 17.2 Å². The van der Waals surface area contributed by atoms with E-state index in [0.29, 0.717) is 23.4 Å². The van der Waals surface area contributed by atoms with Crippen molar-refractivity contribution in [2.24, 2.45) is 11.3 Å². The van der Waals surface area contributed by atoms with Gasteiger partial charge in [-0.3, -0.25) is 0 Å². The zero-order valence-corrected chi connectivity index (χ0v) is 12.3. The molecule has 2 aliphatic rings. The lowest BCUT2D eigenvalue weighted by Gasteiger charge is -2.33. The summed E-state index contributed by atoms with van der Waals surface area (Å²) in [5.41, 5.74) is 0.683. The van der Waals surface area contributed by atoms with E-state index in [1.807, 2.05) is 6.07 Å². The number of hydrogen-bond donors (Lipinski definition) is 1. The highest BCUT2D eigenvalue weighted by atomic mass is 79.9. The lowest BCUT2D eigenvalue weighted by atomic mass is 9.75. The Hall–Kier alpha value is -0.450. The van der Waals surface area contributed by atoms with Gasteiger partial charge in [0.1, 0.15) is 5.82 Å². The summed E-state index contributed by atoms with van der Waals surface area (Å²) in [5, 5.41) is 9.90. The van der Waals surface area contributed by atoms with Crippen LogP contribution in [0.4, 0.5) is 4.39 Å². The fourth-order valence-corrected chi connectivity index (χ4v) is 3.63. The first-order chi connectivity index (χ1) is 9.16. The van der Waals surface area contributed by atoms with E-state index in [-0.39, 0.29) is 23.9 Å². The molecule has 1 saturated carbocycles. The molecule has 0 amide bonds. The fourth-order valence-electron chi connectivity index (χ4n) is 3.22. The van der Waals surface area contributed by atoms with Crippen LogP contribution in [0.1, 0.15) is 24.8 Å². The lowest BCUT2D eigenvalue weighted by molar-refractivity contribution is 0.000470. The third-order valence-corrected chi connectivity index (χ3v) is 5.33. The molecule has 1 aliphatic heterocycles. The molecule has 104 valence electrons. The van der Waals surface area contributed by atoms with Crippen LogP contribution in [0.5, 0.6) is 0 Å². The largest absolute Gasteiger partial charge is 0.396 e. The molecule has 0 bridgehead atoms. The molecule has 3 rings (SSSR count). The summed E-state index contributed by atoms with van der Waals surface area (Å²) in [6, 6.07) is 5.10. The van der Waals surface area contributed by atoms with E-state index in [9.17, 15) is 9.50 Å². The van der Waals surface area contributed by atoms with Crippen LogP contribution in [0.2, 0.25) is 0 Å². The lowest BCUT2D eigenvalue weighted by Crippen LogP contribution is -2.38. The molecule has 2 fully saturated rings. The highest BCUT2D eigenvalue weighted by Gasteiger charge is 2.50. The molecule has 1 heterocycles. The molecule has 2 unspecified atom stereocenters. The Bertz CT molecular complexity index is 475. The molecule has 1 saturated heterocycles. The van der Waals surface area contributed by atoms with Crippen molar-refractivity contribution in [1.29, 1.82) is 0 Å². The van der Waals surface area contributed by atoms with Gasteiger partial charge in [-0.25, -0.2) is 4.39 Å². The van der Waals surface area contributed by atoms with Gasteiger partial charge in [0.25, 0.3) is 0 Å². The maximum atomic E-state index is 13.6. The Morgan fingerprint density at radius 3 is 2.89 bits per heavy atom. The van der Waals surface area contributed by atoms with Crippen molar-refractivity contribution in [3.8, 4) is 0 Å². The molecular formula is C15H18BrFO2. The molecule has 19 heavy (non-hydrogen) atoms. The van der Waals surface area contributed by atoms with E-state index in [4.69, 9.17) is 4.74 Å². The first-order valence-corrected chi connectivity index (χ1v) is 7.61. The van der Waals surface area contributed by atoms with Gasteiger partial charge in [0.2, 0.25) is 0 Å². The first-order valence-electron chi connectivity index (χ1n) is 6.82. The maximum Gasteiger partial charge on any atom is 0.137 e. The molecule has 2 atom stereocenters. The van der Waals surface area contributed by atoms with E-state index in [1.54, 1.807) is 6.07 Å². The second-order valence-electron chi connectivity index (χ2n) is 5.79. The molecule has 1 aliphatic carbocycles. The van der Waals surface area contributed by atoms with Crippen molar-refractivity contribution in [2.75, 3.05) is 13.2 Å². The maximum absolute atomic E-state index is 13.6. The highest BCUT2D eigenvalue weighted by molar-refractivity contribution is 9.10. The fraction of sp³-hybridized carbons (Fsp3) is 0.600. The van der Waals surface area contributed by atoms with Gasteiger partial charge in [0, 0.05) is 12.0 Å². The Morgan fingerprint density at radius 2 is 2.21 bits per heavy atom. The van der Waals surface area contributed by atoms with Gasteiger partial charge in [0.15, 0.2) is 0 Å². The quantitative estimate of drug-likeness (QED) is 0.918. The molecule has 1 aromatic rings. The van der Waals surface area contributed by atoms with Gasteiger partial charge >= 0.3 is 0 Å². The molecule has 0 aromatic heterocycles. The number of aliphatic hydroxyl groups excluding tert-OH is 1. The molecule has 2 nitrogen and oxygen atoms in total. The van der Waals surface area contributed by atoms with Crippen LogP contribution in [-0.4, -0.2) is 24.4 Å². The molecular weight excluding hydrogens is 311 g/mol. The van der Waals surface area contributed by atoms with Gasteiger partial charge in [-0.2, -0.15) is 0 Å². The summed E-state index contributed by atoms with van der Waals surface area (Å²) in [6.45, 7) is 0.811. The summed E-state index contributed by atoms with van der Waals surface area (Å²) < 4.78 is 20.0. The van der Waals surface area contributed by atoms with Crippen molar-refractivity contribution < 1.29 is 14.2 Å². The van der Waals surface area contributed by atoms with Crippen molar-refractivity contribution in [3.63, 3.8) is 0 Å². The number of aliphatic hydroxyl groups is 1. The first kappa shape index (κ1) is 13.5. The molecule has 1 N–H and O–H groups in total. The normalized spacial score (nSPS) is 30.8. The Labute approximate surface area is 121 Å². The van der Waals surface area contributed by atoms with Crippen LogP contribution in [0.15, 0.2) is 22.7 Å². The monoisotopic (exact) mass is 328 g/mol. The van der Waals surface area contributed by atoms with Gasteiger partial charge in [-0.05, 0) is 59.2 Å². The number of halogens is 2. The zero-order chi connectivity index (χ0) is 13.5. The minimum absolute atomic E-state index is 0.108. The number of ether oxygens (including phenoxy) is 1. The predicted molar refractivity (Wildman–Crippen MR) is 74.4 cm³/mol. The average Bonchev–Trinajstić information content (AvgIpc) is 3.17. The minimum atomic E-state index is -0.243. The standard InChI is InChI=1S/C15H18BrFO2/c16-13-11(2-1-3-12(13)17)8-15(9-18)6-7-19-14(15)10-4-5-10/h1-3,10,14,18H,4-9H2. The zero-order valence-electron chi connectivity index (χ0n) is 10.7. The smallest absolute Gasteiger partial charge is 0.137 e. The van der Waals surface area contributed by atoms with Gasteiger partial charge < -0.3 is 9.84 Å². The van der Waals surface area contributed by atoms with E-state index in [2.05, 4.69) is 15.9 Å². The van der Waals surface area contributed by atoms with Gasteiger partial charge in [-0.15, -0.1) is 0 Å². The topological polar surface area (TPSA) is 29.5 Å². The minimum Gasteiger partial charge on any atom is -0.396 e. The van der Waals surface area contributed by atoms with Crippen molar-refractivity contribution in [2.45, 2.75) is 31.8 Å². The molecule has 0 spiro atoms. The Balaban J connectivity index is 1.88. The summed E-state index contributed by atoms with van der Waals surface area (Å²) in [6.07, 6.45) is 4.04. The van der Waals surface area contributed by atoms with Crippen LogP contribution in [-0.2, 0) is 11.2 Å². The van der Waals surface area contributed by atoms with Crippen molar-refractivity contribution in [1.82, 2.24) is 0 Å². The summed E-state index contributed by atoms with van der Waals surface area (Å²) in [5.74, 6) is 0.342. The Kier molecular flexibility index (Phi) is 3.67. The molecule has 1 aromatic carbocycles. The number of rotatable bonds is 4. The third kappa shape index (κ3) is 2.46. The number of hydrogen-bond acceptors (Lipinski definition) is 2. The predicted octanol–water partition coefficient (Wildman–Crippen LogP) is 3.31. The second kappa shape index (κ2) is 5.15. The summed E-state index contributed by atoms with van der Waals surface area (Å²) in [7, 11) is 0. The third-order valence-electron chi connectivity index (χ3n) is 4.44. The van der Waals surface area contributed by atoms with Crippen LogP contribution >= 0.6 is 15.9 Å². The van der Waals surface area contributed by atoms with Gasteiger partial charge in [-0.1, -0.05) is 12.1 Å². The van der Waals surface area contributed by atoms with Crippen LogP contribution < -0.4 is 0 Å². The Morgan fingerprint density at radius 1 is 1.42 bits per heavy atom. The number of benzene rings is 1. The average molecular weight is 329 g/mol. The van der Waals surface area contributed by atoms with E-state index >= 15 is 0 Å². The van der Waals surface area contributed by atoms with Gasteiger partial charge in [0.05, 0.1) is 17.2 Å². The van der Waals surface area contributed by atoms with Crippen LogP contribution in [0.25, 0.3) is 0 Å². The molecule has 0 radical (unpaired) electrons. The summed E-state index contributed by atoms with van der Waals surface area (Å²) in [4.78, 5) is 0. The van der Waals surface area contributed by atoms with E-state index in [1.165, 1.54) is 18.9 Å². The van der Waals surface area contributed by atoms with E-state index < -0.39 is 0 Å². The highest BCUT2D eigenvalue weighted by Crippen LogP contribution is 2.49. The molecule has 4 heteroatoms. The van der Waals surface area contributed by atoms with Crippen LogP contribution in [0.3, 0.4) is 0 Å². The van der Waals surface area contributed by atoms with Crippen molar-refractivity contribution >= 4 is 15.9 Å².